The summed E-state index contributed by atoms with van der Waals surface area (Å²) in [7, 11) is -2.30. The Bertz CT molecular complexity index is 851. The van der Waals surface area contributed by atoms with Gasteiger partial charge in [0.05, 0.1) is 7.11 Å². The Balaban J connectivity index is 2.04. The van der Waals surface area contributed by atoms with Crippen LogP contribution in [0.1, 0.15) is 18.1 Å². The van der Waals surface area contributed by atoms with E-state index in [1.54, 1.807) is 23.1 Å². The average Bonchev–Trinajstić information content (AvgIpc) is 2.61. The van der Waals surface area contributed by atoms with E-state index in [2.05, 4.69) is 4.72 Å². The quantitative estimate of drug-likeness (QED) is 0.767. The minimum atomic E-state index is -3.73. The molecule has 0 radical (unpaired) electrons. The molecule has 1 N–H and O–H groups in total. The first-order valence-corrected chi connectivity index (χ1v) is 9.75. The highest BCUT2D eigenvalue weighted by molar-refractivity contribution is 7.89. The number of ether oxygens (including phenoxy) is 1. The zero-order valence-electron chi connectivity index (χ0n) is 15.2. The first-order chi connectivity index (χ1) is 12.3. The van der Waals surface area contributed by atoms with Crippen LogP contribution in [0.25, 0.3) is 0 Å². The number of hydrogen-bond acceptors (Lipinski definition) is 4. The normalized spacial score (nSPS) is 11.2. The van der Waals surface area contributed by atoms with E-state index in [0.717, 1.165) is 11.1 Å². The van der Waals surface area contributed by atoms with Gasteiger partial charge in [0, 0.05) is 26.6 Å². The molecular formula is C19H24N2O4S. The lowest BCUT2D eigenvalue weighted by Gasteiger charge is -2.21. The van der Waals surface area contributed by atoms with Crippen LogP contribution in [0, 0.1) is 6.92 Å². The highest BCUT2D eigenvalue weighted by atomic mass is 32.2. The first-order valence-electron chi connectivity index (χ1n) is 8.27. The molecule has 0 bridgehead atoms. The molecule has 26 heavy (non-hydrogen) atoms. The van der Waals surface area contributed by atoms with Crippen LogP contribution >= 0.6 is 0 Å². The van der Waals surface area contributed by atoms with Gasteiger partial charge in [0.1, 0.15) is 10.6 Å². The molecule has 6 nitrogen and oxygen atoms in total. The number of sulfonamides is 1. The van der Waals surface area contributed by atoms with Crippen molar-refractivity contribution in [2.24, 2.45) is 0 Å². The molecule has 0 aromatic heterocycles. The minimum absolute atomic E-state index is 0.0948. The van der Waals surface area contributed by atoms with Crippen molar-refractivity contribution in [1.29, 1.82) is 0 Å². The Morgan fingerprint density at radius 1 is 1.15 bits per heavy atom. The number of amides is 1. The number of benzene rings is 2. The van der Waals surface area contributed by atoms with Gasteiger partial charge in [0.15, 0.2) is 0 Å². The molecule has 0 aliphatic rings. The Morgan fingerprint density at radius 3 is 2.46 bits per heavy atom. The lowest BCUT2D eigenvalue weighted by atomic mass is 10.2. The maximum absolute atomic E-state index is 12.6. The van der Waals surface area contributed by atoms with Crippen molar-refractivity contribution in [2.75, 3.05) is 20.2 Å². The van der Waals surface area contributed by atoms with Crippen molar-refractivity contribution >= 4 is 15.9 Å². The lowest BCUT2D eigenvalue weighted by Crippen LogP contribution is -2.37. The van der Waals surface area contributed by atoms with Crippen molar-refractivity contribution in [3.63, 3.8) is 0 Å². The molecule has 140 valence electrons. The molecule has 2 rings (SSSR count). The number of aryl methyl sites for hydroxylation is 1. The van der Waals surface area contributed by atoms with Crippen LogP contribution in [0.15, 0.2) is 53.4 Å². The molecule has 2 aromatic rings. The Kier molecular flexibility index (Phi) is 6.76. The van der Waals surface area contributed by atoms with Crippen molar-refractivity contribution in [3.05, 3.63) is 59.7 Å². The molecule has 0 saturated carbocycles. The maximum Gasteiger partial charge on any atom is 0.244 e. The van der Waals surface area contributed by atoms with Gasteiger partial charge in [-0.2, -0.15) is 0 Å². The Hall–Kier alpha value is -2.38. The second-order valence-corrected chi connectivity index (χ2v) is 7.71. The predicted octanol–water partition coefficient (Wildman–Crippen LogP) is 2.33. The second kappa shape index (κ2) is 8.82. The molecule has 7 heteroatoms. The van der Waals surface area contributed by atoms with Crippen LogP contribution < -0.4 is 9.46 Å². The van der Waals surface area contributed by atoms with Crippen LogP contribution in [0.5, 0.6) is 5.75 Å². The van der Waals surface area contributed by atoms with Crippen molar-refractivity contribution in [2.45, 2.75) is 25.3 Å². The molecular weight excluding hydrogens is 352 g/mol. The van der Waals surface area contributed by atoms with Crippen molar-refractivity contribution < 1.29 is 17.9 Å². The topological polar surface area (TPSA) is 75.7 Å². The van der Waals surface area contributed by atoms with E-state index in [0.29, 0.717) is 6.54 Å². The molecule has 0 aliphatic heterocycles. The van der Waals surface area contributed by atoms with E-state index in [9.17, 15) is 13.2 Å². The minimum Gasteiger partial charge on any atom is -0.495 e. The summed E-state index contributed by atoms with van der Waals surface area (Å²) < 4.78 is 32.9. The fourth-order valence-corrected chi connectivity index (χ4v) is 3.81. The van der Waals surface area contributed by atoms with Gasteiger partial charge in [0.25, 0.3) is 0 Å². The number of rotatable bonds is 8. The molecule has 0 atom stereocenters. The van der Waals surface area contributed by atoms with Gasteiger partial charge in [-0.1, -0.05) is 36.4 Å². The maximum atomic E-state index is 12.6. The predicted molar refractivity (Wildman–Crippen MR) is 100 cm³/mol. The van der Waals surface area contributed by atoms with Crippen molar-refractivity contribution in [3.8, 4) is 5.75 Å². The first kappa shape index (κ1) is 19.9. The van der Waals surface area contributed by atoms with Crippen LogP contribution in [0.3, 0.4) is 0 Å². The number of carbonyl (C=O) groups is 1. The molecule has 0 spiro atoms. The molecule has 0 unspecified atom stereocenters. The Morgan fingerprint density at radius 2 is 1.85 bits per heavy atom. The smallest absolute Gasteiger partial charge is 0.244 e. The number of hydrogen-bond donors (Lipinski definition) is 1. The molecule has 1 amide bonds. The second-order valence-electron chi connectivity index (χ2n) is 5.98. The number of methoxy groups -OCH3 is 1. The third-order valence-electron chi connectivity index (χ3n) is 3.94. The van der Waals surface area contributed by atoms with Gasteiger partial charge in [0.2, 0.25) is 15.9 Å². The average molecular weight is 376 g/mol. The Labute approximate surface area is 154 Å². The van der Waals surface area contributed by atoms with Gasteiger partial charge < -0.3 is 9.64 Å². The van der Waals surface area contributed by atoms with Crippen LogP contribution in [0.2, 0.25) is 0 Å². The van der Waals surface area contributed by atoms with Gasteiger partial charge in [-0.15, -0.1) is 0 Å². The molecule has 0 aliphatic carbocycles. The van der Waals surface area contributed by atoms with E-state index in [1.807, 2.05) is 37.3 Å². The number of nitrogens with one attached hydrogen (secondary N) is 1. The molecule has 2 aromatic carbocycles. The summed E-state index contributed by atoms with van der Waals surface area (Å²) >= 11 is 0. The van der Waals surface area contributed by atoms with E-state index in [-0.39, 0.29) is 29.6 Å². The van der Waals surface area contributed by atoms with Gasteiger partial charge in [-0.05, 0) is 30.2 Å². The fraction of sp³-hybridized carbons (Fsp3) is 0.316. The standard InChI is InChI=1S/C19H24N2O4S/c1-15-9-10-18(25-3)19(13-15)26(23,24)20-11-12-21(16(2)22)14-17-7-5-4-6-8-17/h4-10,13,20H,11-12,14H2,1-3H3. The zero-order valence-corrected chi connectivity index (χ0v) is 16.0. The molecule has 0 saturated heterocycles. The number of nitrogens with zero attached hydrogens (tertiary/aromatic N) is 1. The summed E-state index contributed by atoms with van der Waals surface area (Å²) in [5.41, 5.74) is 1.81. The zero-order chi connectivity index (χ0) is 19.2. The number of carbonyl (C=O) groups excluding carboxylic acids is 1. The van der Waals surface area contributed by atoms with Gasteiger partial charge >= 0.3 is 0 Å². The van der Waals surface area contributed by atoms with E-state index in [1.165, 1.54) is 14.0 Å². The van der Waals surface area contributed by atoms with Gasteiger partial charge in [-0.3, -0.25) is 4.79 Å². The summed E-state index contributed by atoms with van der Waals surface area (Å²) in [6.07, 6.45) is 0. The SMILES string of the molecule is COc1ccc(C)cc1S(=O)(=O)NCCN(Cc1ccccc1)C(C)=O. The summed E-state index contributed by atoms with van der Waals surface area (Å²) in [6, 6.07) is 14.5. The third-order valence-corrected chi connectivity index (χ3v) is 5.43. The van der Waals surface area contributed by atoms with Crippen LogP contribution in [0.4, 0.5) is 0 Å². The van der Waals surface area contributed by atoms with E-state index >= 15 is 0 Å². The molecule has 0 fully saturated rings. The molecule has 0 heterocycles. The van der Waals surface area contributed by atoms with Crippen LogP contribution in [-0.2, 0) is 21.4 Å². The lowest BCUT2D eigenvalue weighted by molar-refractivity contribution is -0.129. The highest BCUT2D eigenvalue weighted by Crippen LogP contribution is 2.24. The monoisotopic (exact) mass is 376 g/mol. The highest BCUT2D eigenvalue weighted by Gasteiger charge is 2.20. The van der Waals surface area contributed by atoms with Gasteiger partial charge in [-0.25, -0.2) is 13.1 Å². The van der Waals surface area contributed by atoms with E-state index < -0.39 is 10.0 Å². The van der Waals surface area contributed by atoms with Crippen LogP contribution in [-0.4, -0.2) is 39.4 Å². The summed E-state index contributed by atoms with van der Waals surface area (Å²) in [4.78, 5) is 13.5. The van der Waals surface area contributed by atoms with E-state index in [4.69, 9.17) is 4.74 Å². The summed E-state index contributed by atoms with van der Waals surface area (Å²) in [5.74, 6) is 0.178. The fourth-order valence-electron chi connectivity index (χ4n) is 2.54. The largest absolute Gasteiger partial charge is 0.495 e. The summed E-state index contributed by atoms with van der Waals surface area (Å²) in [5, 5.41) is 0. The third kappa shape index (κ3) is 5.31. The summed E-state index contributed by atoms with van der Waals surface area (Å²) in [6.45, 7) is 4.12. The van der Waals surface area contributed by atoms with Crippen molar-refractivity contribution in [1.82, 2.24) is 9.62 Å².